The molecule has 0 spiro atoms. The molecule has 1 aliphatic rings. The van der Waals surface area contributed by atoms with Gasteiger partial charge in [0.05, 0.1) is 12.5 Å². The zero-order chi connectivity index (χ0) is 12.4. The van der Waals surface area contributed by atoms with E-state index in [1.165, 1.54) is 6.92 Å². The number of cyclic esters (lactones) is 1. The maximum Gasteiger partial charge on any atom is 0.309 e. The molecule has 0 amide bonds. The van der Waals surface area contributed by atoms with E-state index in [0.29, 0.717) is 6.42 Å². The smallest absolute Gasteiger partial charge is 0.309 e. The fourth-order valence-corrected chi connectivity index (χ4v) is 0.865. The zero-order valence-corrected chi connectivity index (χ0v) is 11.5. The van der Waals surface area contributed by atoms with Gasteiger partial charge in [0.1, 0.15) is 11.9 Å². The molecule has 0 aromatic heterocycles. The fourth-order valence-electron chi connectivity index (χ4n) is 0.865. The van der Waals surface area contributed by atoms with E-state index in [9.17, 15) is 9.59 Å². The number of carbonyl (C=O) groups excluding carboxylic acids is 2. The number of esters is 1. The van der Waals surface area contributed by atoms with Crippen LogP contribution < -0.4 is 0 Å². The van der Waals surface area contributed by atoms with Crippen molar-refractivity contribution in [3.05, 3.63) is 0 Å². The molecule has 5 nitrogen and oxygen atoms in total. The van der Waals surface area contributed by atoms with Gasteiger partial charge in [0.15, 0.2) is 0 Å². The number of aliphatic hydroxyl groups excluding tert-OH is 2. The molecule has 0 saturated carbocycles. The molecule has 1 saturated heterocycles. The van der Waals surface area contributed by atoms with Crippen molar-refractivity contribution in [2.75, 3.05) is 7.11 Å². The Hall–Kier alpha value is -0.356. The Morgan fingerprint density at radius 1 is 1.56 bits per heavy atom. The summed E-state index contributed by atoms with van der Waals surface area (Å²) in [6.07, 6.45) is 0.606. The number of hydrogen-bond donors (Lipinski definition) is 2. The Kier molecular flexibility index (Phi) is 16.7. The third kappa shape index (κ3) is 16.1. The standard InChI is InChI=1S/C5H10O2.C4H6O2.CH4O.V/c1-4(6)3-5(2)7;1-3-2-4(5)6-3;1-2;/h4,6H,3H2,1-2H3;3H,2H2,1H3;2H,1H3;/t4-;3-;;/m11../s1. The minimum absolute atomic E-state index is 0. The van der Waals surface area contributed by atoms with Crippen molar-refractivity contribution in [2.24, 2.45) is 0 Å². The van der Waals surface area contributed by atoms with E-state index >= 15 is 0 Å². The van der Waals surface area contributed by atoms with Gasteiger partial charge in [-0.3, -0.25) is 9.59 Å². The molecule has 0 bridgehead atoms. The zero-order valence-electron chi connectivity index (χ0n) is 10.1. The second kappa shape index (κ2) is 12.7. The molecule has 0 aromatic rings. The molecule has 0 aromatic carbocycles. The first-order valence-electron chi connectivity index (χ1n) is 4.73. The third-order valence-electron chi connectivity index (χ3n) is 1.37. The minimum atomic E-state index is -0.475. The van der Waals surface area contributed by atoms with Gasteiger partial charge in [0.2, 0.25) is 0 Å². The van der Waals surface area contributed by atoms with Crippen molar-refractivity contribution in [3.8, 4) is 0 Å². The Bertz CT molecular complexity index is 186. The Morgan fingerprint density at radius 2 is 1.94 bits per heavy atom. The molecule has 2 N–H and O–H groups in total. The van der Waals surface area contributed by atoms with Gasteiger partial charge in [-0.05, 0) is 20.8 Å². The van der Waals surface area contributed by atoms with E-state index in [1.54, 1.807) is 6.92 Å². The number of carbonyl (C=O) groups is 2. The number of Topliss-reactive ketones (excluding diaryl/α,β-unsaturated/α-hetero) is 1. The minimum Gasteiger partial charge on any atom is -0.462 e. The topological polar surface area (TPSA) is 83.8 Å². The quantitative estimate of drug-likeness (QED) is 0.704. The van der Waals surface area contributed by atoms with Gasteiger partial charge in [-0.25, -0.2) is 0 Å². The summed E-state index contributed by atoms with van der Waals surface area (Å²) in [6, 6.07) is 0. The van der Waals surface area contributed by atoms with Crippen molar-refractivity contribution in [3.63, 3.8) is 0 Å². The maximum absolute atomic E-state index is 10.1. The van der Waals surface area contributed by atoms with Crippen molar-refractivity contribution in [2.45, 2.75) is 45.8 Å². The molecule has 1 heterocycles. The Balaban J connectivity index is -0.000000174. The number of ketones is 1. The van der Waals surface area contributed by atoms with Crippen LogP contribution in [-0.4, -0.2) is 41.3 Å². The molecule has 1 fully saturated rings. The molecule has 1 rings (SSSR count). The first-order chi connectivity index (χ1) is 6.91. The van der Waals surface area contributed by atoms with Crippen LogP contribution >= 0.6 is 0 Å². The summed E-state index contributed by atoms with van der Waals surface area (Å²) in [5, 5.41) is 15.5. The van der Waals surface area contributed by atoms with Crippen molar-refractivity contribution in [1.82, 2.24) is 0 Å². The van der Waals surface area contributed by atoms with Gasteiger partial charge in [-0.15, -0.1) is 0 Å². The van der Waals surface area contributed by atoms with Gasteiger partial charge < -0.3 is 14.9 Å². The second-order valence-electron chi connectivity index (χ2n) is 3.26. The molecule has 2 atom stereocenters. The number of ether oxygens (including phenoxy) is 1. The van der Waals surface area contributed by atoms with Gasteiger partial charge in [-0.1, -0.05) is 0 Å². The van der Waals surface area contributed by atoms with Crippen LogP contribution in [0.25, 0.3) is 0 Å². The molecule has 1 radical (unpaired) electrons. The molecule has 95 valence electrons. The van der Waals surface area contributed by atoms with Crippen LogP contribution in [0.1, 0.15) is 33.6 Å². The molecule has 16 heavy (non-hydrogen) atoms. The van der Waals surface area contributed by atoms with Gasteiger partial charge >= 0.3 is 5.97 Å². The van der Waals surface area contributed by atoms with Crippen molar-refractivity contribution < 1.29 is 43.1 Å². The van der Waals surface area contributed by atoms with Crippen LogP contribution in [0.2, 0.25) is 0 Å². The summed E-state index contributed by atoms with van der Waals surface area (Å²) in [6.45, 7) is 4.94. The third-order valence-corrected chi connectivity index (χ3v) is 1.37. The average molecular weight is 271 g/mol. The van der Waals surface area contributed by atoms with Gasteiger partial charge in [0.25, 0.3) is 0 Å². The number of aliphatic hydroxyl groups is 2. The van der Waals surface area contributed by atoms with E-state index in [1.807, 2.05) is 6.92 Å². The van der Waals surface area contributed by atoms with E-state index in [2.05, 4.69) is 4.74 Å². The predicted molar refractivity (Wildman–Crippen MR) is 55.3 cm³/mol. The van der Waals surface area contributed by atoms with Crippen LogP contribution in [0, 0.1) is 0 Å². The summed E-state index contributed by atoms with van der Waals surface area (Å²) in [4.78, 5) is 20.0. The monoisotopic (exact) mass is 271 g/mol. The van der Waals surface area contributed by atoms with E-state index in [-0.39, 0.29) is 42.8 Å². The van der Waals surface area contributed by atoms with Crippen molar-refractivity contribution >= 4 is 11.8 Å². The first-order valence-corrected chi connectivity index (χ1v) is 4.73. The molecule has 0 aliphatic carbocycles. The molecule has 6 heteroatoms. The number of rotatable bonds is 2. The second-order valence-corrected chi connectivity index (χ2v) is 3.26. The van der Waals surface area contributed by atoms with Gasteiger partial charge in [0, 0.05) is 32.1 Å². The summed E-state index contributed by atoms with van der Waals surface area (Å²) in [5.41, 5.74) is 0. The van der Waals surface area contributed by atoms with Crippen LogP contribution in [0.15, 0.2) is 0 Å². The van der Waals surface area contributed by atoms with Gasteiger partial charge in [-0.2, -0.15) is 0 Å². The van der Waals surface area contributed by atoms with Crippen LogP contribution in [0.5, 0.6) is 0 Å². The molecular formula is C10H20O5V. The first kappa shape index (κ1) is 21.0. The normalized spacial score (nSPS) is 18.1. The summed E-state index contributed by atoms with van der Waals surface area (Å²) < 4.78 is 4.50. The number of hydrogen-bond acceptors (Lipinski definition) is 5. The fraction of sp³-hybridized carbons (Fsp3) is 0.800. The molecule has 0 unspecified atom stereocenters. The average Bonchev–Trinajstić information content (AvgIpc) is 2.04. The molecule has 1 aliphatic heterocycles. The summed E-state index contributed by atoms with van der Waals surface area (Å²) in [7, 11) is 1.00. The maximum atomic E-state index is 10.1. The van der Waals surface area contributed by atoms with E-state index < -0.39 is 6.10 Å². The summed E-state index contributed by atoms with van der Waals surface area (Å²) in [5.74, 6) is -0.0301. The Labute approximate surface area is 108 Å². The molecular weight excluding hydrogens is 251 g/mol. The Morgan fingerprint density at radius 3 is 1.94 bits per heavy atom. The van der Waals surface area contributed by atoms with Crippen LogP contribution in [0.4, 0.5) is 0 Å². The largest absolute Gasteiger partial charge is 0.462 e. The predicted octanol–water partition coefficient (Wildman–Crippen LogP) is 0.274. The SMILES string of the molecule is CC(=O)C[C@@H](C)O.CO.C[C@@H]1CC(=O)O1.[V]. The van der Waals surface area contributed by atoms with E-state index in [4.69, 9.17) is 10.2 Å². The van der Waals surface area contributed by atoms with Crippen LogP contribution in [0.3, 0.4) is 0 Å². The van der Waals surface area contributed by atoms with Crippen LogP contribution in [-0.2, 0) is 32.9 Å². The van der Waals surface area contributed by atoms with Crippen molar-refractivity contribution in [1.29, 1.82) is 0 Å². The summed E-state index contributed by atoms with van der Waals surface area (Å²) >= 11 is 0. The van der Waals surface area contributed by atoms with E-state index in [0.717, 1.165) is 7.11 Å².